The predicted octanol–water partition coefficient (Wildman–Crippen LogP) is 3.08. The van der Waals surface area contributed by atoms with Gasteiger partial charge in [-0.3, -0.25) is 15.0 Å². The first-order valence-electron chi connectivity index (χ1n) is 10.7. The Bertz CT molecular complexity index is 862. The van der Waals surface area contributed by atoms with Gasteiger partial charge in [-0.25, -0.2) is 4.99 Å². The number of nitrogens with zero attached hydrogens (tertiary/aromatic N) is 5. The van der Waals surface area contributed by atoms with E-state index in [-0.39, 0.29) is 5.62 Å². The lowest BCUT2D eigenvalue weighted by molar-refractivity contribution is 0.333. The molecule has 3 rings (SSSR count). The lowest BCUT2D eigenvalue weighted by Crippen LogP contribution is -2.31. The number of amidine groups is 1. The van der Waals surface area contributed by atoms with Gasteiger partial charge in [0.2, 0.25) is 0 Å². The summed E-state index contributed by atoms with van der Waals surface area (Å²) in [6.07, 6.45) is 11.8. The molecule has 0 saturated heterocycles. The number of aromatic nitrogens is 2. The van der Waals surface area contributed by atoms with Crippen molar-refractivity contribution in [3.8, 4) is 0 Å². The standard InChI is InChI=1S/C22H31ClN8/c1-4-6-12-31(16(3)20-21(25-5-2)30-22(23)29-20)13-8-7-9-19-27-15-18(28-19)17-14-24-10-11-26-17/h5,10-11,14,22,25,29-30H,2-4,6-9,12-13,15H2,1H3. The zero-order valence-corrected chi connectivity index (χ0v) is 18.8. The molecule has 9 heteroatoms. The Balaban J connectivity index is 1.52. The molecule has 0 fully saturated rings. The van der Waals surface area contributed by atoms with Crippen molar-refractivity contribution in [1.29, 1.82) is 0 Å². The second kappa shape index (κ2) is 11.5. The zero-order chi connectivity index (χ0) is 22.1. The van der Waals surface area contributed by atoms with Crippen molar-refractivity contribution >= 4 is 23.1 Å². The van der Waals surface area contributed by atoms with Crippen molar-refractivity contribution in [2.24, 2.45) is 9.98 Å². The topological polar surface area (TPSA) is 89.8 Å². The highest BCUT2D eigenvalue weighted by atomic mass is 35.5. The van der Waals surface area contributed by atoms with Gasteiger partial charge >= 0.3 is 0 Å². The molecule has 1 atom stereocenters. The number of nitrogens with one attached hydrogen (secondary N) is 3. The Morgan fingerprint density at radius 3 is 2.87 bits per heavy atom. The summed E-state index contributed by atoms with van der Waals surface area (Å²) < 4.78 is 0. The first kappa shape index (κ1) is 22.8. The molecule has 0 radical (unpaired) electrons. The molecule has 3 heterocycles. The summed E-state index contributed by atoms with van der Waals surface area (Å²) in [6.45, 7) is 12.7. The molecule has 8 nitrogen and oxygen atoms in total. The summed E-state index contributed by atoms with van der Waals surface area (Å²) in [7, 11) is 0. The van der Waals surface area contributed by atoms with Crippen LogP contribution in [0, 0.1) is 0 Å². The predicted molar refractivity (Wildman–Crippen MR) is 127 cm³/mol. The van der Waals surface area contributed by atoms with E-state index in [1.54, 1.807) is 24.8 Å². The van der Waals surface area contributed by atoms with Crippen LogP contribution in [0.3, 0.4) is 0 Å². The van der Waals surface area contributed by atoms with Crippen LogP contribution in [0.5, 0.6) is 0 Å². The fourth-order valence-corrected chi connectivity index (χ4v) is 3.68. The Morgan fingerprint density at radius 1 is 1.29 bits per heavy atom. The van der Waals surface area contributed by atoms with Gasteiger partial charge < -0.3 is 20.9 Å². The molecular weight excluding hydrogens is 412 g/mol. The summed E-state index contributed by atoms with van der Waals surface area (Å²) >= 11 is 6.21. The average molecular weight is 443 g/mol. The van der Waals surface area contributed by atoms with E-state index in [2.05, 4.69) is 60.9 Å². The average Bonchev–Trinajstić information content (AvgIpc) is 3.40. The number of hydrogen-bond donors (Lipinski definition) is 3. The monoisotopic (exact) mass is 442 g/mol. The number of halogens is 1. The molecule has 0 aliphatic carbocycles. The van der Waals surface area contributed by atoms with E-state index < -0.39 is 0 Å². The third-order valence-electron chi connectivity index (χ3n) is 5.10. The van der Waals surface area contributed by atoms with Crippen LogP contribution in [0.25, 0.3) is 0 Å². The van der Waals surface area contributed by atoms with Gasteiger partial charge in [-0.1, -0.05) is 38.1 Å². The normalized spacial score (nSPS) is 17.5. The summed E-state index contributed by atoms with van der Waals surface area (Å²) in [6, 6.07) is 0. The van der Waals surface area contributed by atoms with Gasteiger partial charge in [0, 0.05) is 31.9 Å². The Kier molecular flexibility index (Phi) is 8.46. The maximum Gasteiger partial charge on any atom is 0.176 e. The van der Waals surface area contributed by atoms with Crippen molar-refractivity contribution < 1.29 is 0 Å². The lowest BCUT2D eigenvalue weighted by atomic mass is 10.2. The van der Waals surface area contributed by atoms with E-state index in [1.807, 2.05) is 0 Å². The molecule has 2 aliphatic heterocycles. The molecule has 0 amide bonds. The smallest absolute Gasteiger partial charge is 0.176 e. The van der Waals surface area contributed by atoms with Gasteiger partial charge in [0.25, 0.3) is 0 Å². The summed E-state index contributed by atoms with van der Waals surface area (Å²) in [5, 5.41) is 9.48. The maximum absolute atomic E-state index is 6.21. The molecule has 166 valence electrons. The minimum atomic E-state index is -0.371. The summed E-state index contributed by atoms with van der Waals surface area (Å²) in [4.78, 5) is 19.9. The van der Waals surface area contributed by atoms with Crippen LogP contribution in [-0.4, -0.2) is 51.7 Å². The van der Waals surface area contributed by atoms with Crippen molar-refractivity contribution in [3.05, 3.63) is 60.9 Å². The van der Waals surface area contributed by atoms with E-state index in [0.717, 1.165) is 79.6 Å². The first-order chi connectivity index (χ1) is 15.1. The lowest BCUT2D eigenvalue weighted by Gasteiger charge is -2.28. The van der Waals surface area contributed by atoms with E-state index >= 15 is 0 Å². The Hall–Kier alpha value is -2.87. The van der Waals surface area contributed by atoms with E-state index in [9.17, 15) is 0 Å². The van der Waals surface area contributed by atoms with Crippen LogP contribution in [0.1, 0.15) is 44.7 Å². The molecule has 2 aliphatic rings. The maximum atomic E-state index is 6.21. The highest BCUT2D eigenvalue weighted by molar-refractivity contribution is 6.20. The molecule has 0 aromatic carbocycles. The minimum Gasteiger partial charge on any atom is -0.370 e. The molecular formula is C22H31ClN8. The Labute approximate surface area is 189 Å². The molecule has 3 N–H and O–H groups in total. The molecule has 31 heavy (non-hydrogen) atoms. The van der Waals surface area contributed by atoms with Crippen LogP contribution < -0.4 is 16.0 Å². The van der Waals surface area contributed by atoms with Crippen molar-refractivity contribution in [3.63, 3.8) is 0 Å². The SMILES string of the molecule is C=CNC1=C(C(=C)N(CCCC)CCCCC2=NCC(c3cnccn3)=N2)NC(Cl)N1. The van der Waals surface area contributed by atoms with Crippen LogP contribution >= 0.6 is 11.6 Å². The van der Waals surface area contributed by atoms with E-state index in [4.69, 9.17) is 11.6 Å². The zero-order valence-electron chi connectivity index (χ0n) is 18.1. The highest BCUT2D eigenvalue weighted by Gasteiger charge is 2.24. The minimum absolute atomic E-state index is 0.371. The van der Waals surface area contributed by atoms with Gasteiger partial charge in [-0.2, -0.15) is 0 Å². The van der Waals surface area contributed by atoms with Gasteiger partial charge in [-0.15, -0.1) is 0 Å². The number of rotatable bonds is 13. The van der Waals surface area contributed by atoms with Gasteiger partial charge in [-0.05, 0) is 25.5 Å². The van der Waals surface area contributed by atoms with Crippen molar-refractivity contribution in [2.45, 2.75) is 44.7 Å². The van der Waals surface area contributed by atoms with Gasteiger partial charge in [0.05, 0.1) is 24.2 Å². The molecule has 0 saturated carbocycles. The van der Waals surface area contributed by atoms with Crippen LogP contribution in [0.2, 0.25) is 0 Å². The third kappa shape index (κ3) is 6.30. The van der Waals surface area contributed by atoms with Gasteiger partial charge in [0.1, 0.15) is 23.0 Å². The Morgan fingerprint density at radius 2 is 2.13 bits per heavy atom. The molecule has 1 aromatic heterocycles. The second-order valence-electron chi connectivity index (χ2n) is 7.38. The molecule has 0 bridgehead atoms. The van der Waals surface area contributed by atoms with Crippen LogP contribution in [-0.2, 0) is 0 Å². The van der Waals surface area contributed by atoms with Crippen LogP contribution in [0.4, 0.5) is 0 Å². The first-order valence-corrected chi connectivity index (χ1v) is 11.2. The van der Waals surface area contributed by atoms with E-state index in [0.29, 0.717) is 6.54 Å². The number of hydrogen-bond acceptors (Lipinski definition) is 8. The van der Waals surface area contributed by atoms with Crippen molar-refractivity contribution in [1.82, 2.24) is 30.8 Å². The quantitative estimate of drug-likeness (QED) is 0.247. The highest BCUT2D eigenvalue weighted by Crippen LogP contribution is 2.20. The molecule has 0 spiro atoms. The number of aliphatic imine (C=N–C) groups is 2. The number of alkyl halides is 1. The van der Waals surface area contributed by atoms with Crippen LogP contribution in [0.15, 0.2) is 65.1 Å². The fourth-order valence-electron chi connectivity index (χ4n) is 3.47. The van der Waals surface area contributed by atoms with Gasteiger partial charge in [0.15, 0.2) is 5.62 Å². The summed E-state index contributed by atoms with van der Waals surface area (Å²) in [5.74, 6) is 1.69. The fraction of sp³-hybridized carbons (Fsp3) is 0.455. The molecule has 1 unspecified atom stereocenters. The third-order valence-corrected chi connectivity index (χ3v) is 5.32. The molecule has 1 aromatic rings. The second-order valence-corrected chi connectivity index (χ2v) is 7.81. The summed E-state index contributed by atoms with van der Waals surface area (Å²) in [5.41, 5.74) is 3.13. The van der Waals surface area contributed by atoms with Crippen molar-refractivity contribution in [2.75, 3.05) is 19.6 Å². The number of unbranched alkanes of at least 4 members (excludes halogenated alkanes) is 2. The van der Waals surface area contributed by atoms with E-state index in [1.165, 1.54) is 0 Å². The largest absolute Gasteiger partial charge is 0.370 e.